The summed E-state index contributed by atoms with van der Waals surface area (Å²) < 4.78 is 16.7. The lowest BCUT2D eigenvalue weighted by molar-refractivity contribution is -0.137. The number of halogens is 1. The van der Waals surface area contributed by atoms with E-state index in [2.05, 4.69) is 15.9 Å². The molecular formula is C14H18BrNO5. The zero-order valence-electron chi connectivity index (χ0n) is 11.8. The molecule has 116 valence electrons. The highest BCUT2D eigenvalue weighted by molar-refractivity contribution is 9.10. The van der Waals surface area contributed by atoms with Gasteiger partial charge in [-0.1, -0.05) is 15.9 Å². The molecule has 0 saturated carbocycles. The van der Waals surface area contributed by atoms with Crippen LogP contribution in [0.5, 0.6) is 11.5 Å². The molecule has 1 N–H and O–H groups in total. The Labute approximate surface area is 131 Å². The lowest BCUT2D eigenvalue weighted by Crippen LogP contribution is -2.43. The highest BCUT2D eigenvalue weighted by Crippen LogP contribution is 2.36. The molecule has 2 rings (SSSR count). The minimum Gasteiger partial charge on any atom is -0.493 e. The van der Waals surface area contributed by atoms with Crippen molar-refractivity contribution in [3.63, 3.8) is 0 Å². The average molecular weight is 360 g/mol. The van der Waals surface area contributed by atoms with Crippen LogP contribution >= 0.6 is 15.9 Å². The first-order valence-corrected chi connectivity index (χ1v) is 7.41. The second-order valence-electron chi connectivity index (χ2n) is 4.50. The first kappa shape index (κ1) is 16.1. The van der Waals surface area contributed by atoms with Gasteiger partial charge in [0.05, 0.1) is 26.9 Å². The van der Waals surface area contributed by atoms with E-state index < -0.39 is 0 Å². The molecule has 0 radical (unpaired) electrons. The maximum absolute atomic E-state index is 12.1. The average Bonchev–Trinajstić information content (AvgIpc) is 2.53. The number of nitrogens with zero attached hydrogens (tertiary/aromatic N) is 1. The summed E-state index contributed by atoms with van der Waals surface area (Å²) in [7, 11) is 1.51. The van der Waals surface area contributed by atoms with Crippen LogP contribution in [0.2, 0.25) is 0 Å². The van der Waals surface area contributed by atoms with Crippen LogP contribution < -0.4 is 9.47 Å². The van der Waals surface area contributed by atoms with Crippen molar-refractivity contribution in [1.29, 1.82) is 0 Å². The molecule has 0 atom stereocenters. The van der Waals surface area contributed by atoms with E-state index in [4.69, 9.17) is 14.2 Å². The summed E-state index contributed by atoms with van der Waals surface area (Å²) in [5.74, 6) is 0.761. The predicted octanol–water partition coefficient (Wildman–Crippen LogP) is 1.19. The molecule has 1 aliphatic rings. The number of carbonyl (C=O) groups excluding carboxylic acids is 1. The summed E-state index contributed by atoms with van der Waals surface area (Å²) >= 11 is 3.35. The maximum atomic E-state index is 12.1. The number of hydrogen-bond donors (Lipinski definition) is 1. The highest BCUT2D eigenvalue weighted by Gasteiger charge is 2.20. The Hall–Kier alpha value is -1.31. The van der Waals surface area contributed by atoms with Gasteiger partial charge in [0.25, 0.3) is 5.91 Å². The van der Waals surface area contributed by atoms with Crippen molar-refractivity contribution in [2.75, 3.05) is 40.0 Å². The van der Waals surface area contributed by atoms with Crippen molar-refractivity contribution in [3.05, 3.63) is 22.2 Å². The second kappa shape index (κ2) is 7.63. The van der Waals surface area contributed by atoms with E-state index in [0.29, 0.717) is 47.8 Å². The molecule has 21 heavy (non-hydrogen) atoms. The molecule has 1 aromatic carbocycles. The Morgan fingerprint density at radius 1 is 1.43 bits per heavy atom. The van der Waals surface area contributed by atoms with Gasteiger partial charge in [0.15, 0.2) is 18.1 Å². The Morgan fingerprint density at radius 3 is 2.76 bits per heavy atom. The monoisotopic (exact) mass is 359 g/mol. The van der Waals surface area contributed by atoms with E-state index in [1.165, 1.54) is 7.11 Å². The first-order chi connectivity index (χ1) is 10.2. The lowest BCUT2D eigenvalue weighted by atomic mass is 10.2. The second-order valence-corrected chi connectivity index (χ2v) is 5.35. The van der Waals surface area contributed by atoms with Gasteiger partial charge in [0.2, 0.25) is 0 Å². The van der Waals surface area contributed by atoms with Crippen LogP contribution in [0.4, 0.5) is 0 Å². The standard InChI is InChI=1S/C14H18BrNO5/c1-19-12-3-2-11(15)10(8-17)14(12)21-9-13(18)16-4-6-20-7-5-16/h2-3,17H,4-9H2,1H3. The SMILES string of the molecule is COc1ccc(Br)c(CO)c1OCC(=O)N1CCOCC1. The van der Waals surface area contributed by atoms with Gasteiger partial charge in [-0.2, -0.15) is 0 Å². The van der Waals surface area contributed by atoms with Crippen LogP contribution in [-0.4, -0.2) is 55.9 Å². The molecule has 1 heterocycles. The summed E-state index contributed by atoms with van der Waals surface area (Å²) in [6.07, 6.45) is 0. The van der Waals surface area contributed by atoms with Gasteiger partial charge in [0.1, 0.15) is 0 Å². The fourth-order valence-corrected chi connectivity index (χ4v) is 2.52. The van der Waals surface area contributed by atoms with Gasteiger partial charge >= 0.3 is 0 Å². The van der Waals surface area contributed by atoms with Gasteiger partial charge in [-0.05, 0) is 12.1 Å². The van der Waals surface area contributed by atoms with Crippen LogP contribution in [0.1, 0.15) is 5.56 Å². The number of benzene rings is 1. The minimum atomic E-state index is -0.209. The molecule has 6 nitrogen and oxygen atoms in total. The summed E-state index contributed by atoms with van der Waals surface area (Å²) in [5, 5.41) is 9.46. The molecule has 1 aliphatic heterocycles. The molecule has 1 saturated heterocycles. The third kappa shape index (κ3) is 3.87. The Balaban J connectivity index is 2.08. The summed E-state index contributed by atoms with van der Waals surface area (Å²) in [5.41, 5.74) is 0.559. The number of hydrogen-bond acceptors (Lipinski definition) is 5. The number of morpholine rings is 1. The third-order valence-electron chi connectivity index (χ3n) is 3.25. The quantitative estimate of drug-likeness (QED) is 0.855. The molecule has 0 bridgehead atoms. The molecular weight excluding hydrogens is 342 g/mol. The lowest BCUT2D eigenvalue weighted by Gasteiger charge is -2.27. The topological polar surface area (TPSA) is 68.2 Å². The van der Waals surface area contributed by atoms with Crippen molar-refractivity contribution < 1.29 is 24.1 Å². The number of aliphatic hydroxyl groups excluding tert-OH is 1. The third-order valence-corrected chi connectivity index (χ3v) is 3.99. The molecule has 1 fully saturated rings. The van der Waals surface area contributed by atoms with Crippen molar-refractivity contribution >= 4 is 21.8 Å². The number of ether oxygens (including phenoxy) is 3. The Kier molecular flexibility index (Phi) is 5.84. The van der Waals surface area contributed by atoms with Crippen LogP contribution in [0.25, 0.3) is 0 Å². The van der Waals surface area contributed by atoms with E-state index in [0.717, 1.165) is 0 Å². The number of methoxy groups -OCH3 is 1. The van der Waals surface area contributed by atoms with Crippen LogP contribution in [-0.2, 0) is 16.1 Å². The summed E-state index contributed by atoms with van der Waals surface area (Å²) in [4.78, 5) is 13.8. The summed E-state index contributed by atoms with van der Waals surface area (Å²) in [6.45, 7) is 1.94. The van der Waals surface area contributed by atoms with Crippen LogP contribution in [0, 0.1) is 0 Å². The van der Waals surface area contributed by atoms with Gasteiger partial charge in [-0.25, -0.2) is 0 Å². The fourth-order valence-electron chi connectivity index (χ4n) is 2.09. The Morgan fingerprint density at radius 2 is 2.14 bits per heavy atom. The van der Waals surface area contributed by atoms with Gasteiger partial charge < -0.3 is 24.2 Å². The van der Waals surface area contributed by atoms with Crippen LogP contribution in [0.15, 0.2) is 16.6 Å². The van der Waals surface area contributed by atoms with Gasteiger partial charge in [-0.15, -0.1) is 0 Å². The minimum absolute atomic E-state index is 0.0974. The van der Waals surface area contributed by atoms with E-state index in [1.54, 1.807) is 17.0 Å². The van der Waals surface area contributed by atoms with Gasteiger partial charge in [-0.3, -0.25) is 4.79 Å². The number of amides is 1. The van der Waals surface area contributed by atoms with E-state index in [9.17, 15) is 9.90 Å². The Bertz CT molecular complexity index is 502. The molecule has 1 aromatic rings. The van der Waals surface area contributed by atoms with E-state index in [-0.39, 0.29) is 19.1 Å². The largest absolute Gasteiger partial charge is 0.493 e. The van der Waals surface area contributed by atoms with Crippen molar-refractivity contribution in [3.8, 4) is 11.5 Å². The molecule has 0 spiro atoms. The zero-order valence-corrected chi connectivity index (χ0v) is 13.4. The number of carbonyl (C=O) groups is 1. The molecule has 0 aliphatic carbocycles. The smallest absolute Gasteiger partial charge is 0.260 e. The molecule has 0 aromatic heterocycles. The fraction of sp³-hybridized carbons (Fsp3) is 0.500. The van der Waals surface area contributed by atoms with E-state index >= 15 is 0 Å². The van der Waals surface area contributed by atoms with Gasteiger partial charge in [0, 0.05) is 23.1 Å². The predicted molar refractivity (Wildman–Crippen MR) is 79.5 cm³/mol. The molecule has 7 heteroatoms. The van der Waals surface area contributed by atoms with E-state index in [1.807, 2.05) is 0 Å². The summed E-state index contributed by atoms with van der Waals surface area (Å²) in [6, 6.07) is 3.48. The first-order valence-electron chi connectivity index (χ1n) is 6.62. The number of rotatable bonds is 5. The van der Waals surface area contributed by atoms with Crippen molar-refractivity contribution in [2.24, 2.45) is 0 Å². The van der Waals surface area contributed by atoms with Crippen molar-refractivity contribution in [1.82, 2.24) is 4.90 Å². The number of aliphatic hydroxyl groups is 1. The molecule has 1 amide bonds. The maximum Gasteiger partial charge on any atom is 0.260 e. The zero-order chi connectivity index (χ0) is 15.2. The highest BCUT2D eigenvalue weighted by atomic mass is 79.9. The van der Waals surface area contributed by atoms with Crippen LogP contribution in [0.3, 0.4) is 0 Å². The van der Waals surface area contributed by atoms with Crippen molar-refractivity contribution in [2.45, 2.75) is 6.61 Å². The normalized spacial score (nSPS) is 14.9. The molecule has 0 unspecified atom stereocenters.